The number of thiocarbonyl (C=S) groups is 1. The Hall–Kier alpha value is -3.78. The number of esters is 1. The van der Waals surface area contributed by atoms with Gasteiger partial charge in [-0.25, -0.2) is 4.79 Å². The molecule has 0 fully saturated rings. The van der Waals surface area contributed by atoms with Crippen LogP contribution >= 0.6 is 12.2 Å². The van der Waals surface area contributed by atoms with Gasteiger partial charge in [0.1, 0.15) is 12.4 Å². The average molecular weight is 535 g/mol. The summed E-state index contributed by atoms with van der Waals surface area (Å²) < 4.78 is 22.5. The highest BCUT2D eigenvalue weighted by molar-refractivity contribution is 7.80. The fourth-order valence-electron chi connectivity index (χ4n) is 4.77. The van der Waals surface area contributed by atoms with Crippen molar-refractivity contribution in [2.45, 2.75) is 33.2 Å². The first kappa shape index (κ1) is 27.3. The Kier molecular flexibility index (Phi) is 8.73. The van der Waals surface area contributed by atoms with Crippen molar-refractivity contribution in [2.24, 2.45) is 0 Å². The largest absolute Gasteiger partial charge is 0.493 e. The van der Waals surface area contributed by atoms with Gasteiger partial charge in [0.15, 0.2) is 16.6 Å². The number of hydrogen-bond acceptors (Lipinski definition) is 6. The molecule has 3 aromatic carbocycles. The number of methoxy groups -OCH3 is 2. The predicted molar refractivity (Wildman–Crippen MR) is 153 cm³/mol. The van der Waals surface area contributed by atoms with Crippen molar-refractivity contribution in [1.82, 2.24) is 4.90 Å². The monoisotopic (exact) mass is 534 g/mol. The molecule has 0 radical (unpaired) electrons. The van der Waals surface area contributed by atoms with Gasteiger partial charge in [0.2, 0.25) is 0 Å². The second-order valence-corrected chi connectivity index (χ2v) is 9.61. The molecule has 1 aliphatic rings. The van der Waals surface area contributed by atoms with Crippen LogP contribution in [0.2, 0.25) is 0 Å². The zero-order valence-electron chi connectivity index (χ0n) is 22.5. The van der Waals surface area contributed by atoms with Crippen molar-refractivity contribution >= 4 is 29.0 Å². The van der Waals surface area contributed by atoms with E-state index in [9.17, 15) is 4.79 Å². The second kappa shape index (κ2) is 12.2. The summed E-state index contributed by atoms with van der Waals surface area (Å²) in [6, 6.07) is 17.2. The molecule has 0 aromatic heterocycles. The molecule has 4 rings (SSSR count). The van der Waals surface area contributed by atoms with Crippen LogP contribution < -0.4 is 19.5 Å². The molecule has 3 aromatic rings. The van der Waals surface area contributed by atoms with Gasteiger partial charge in [-0.2, -0.15) is 0 Å². The van der Waals surface area contributed by atoms with Gasteiger partial charge in [-0.3, -0.25) is 0 Å². The standard InChI is InChI=1S/C30H34N2O5S/c1-6-36-29(33)21-7-9-24(10-8-21)37-18-26-25-17-28(35-5)27(34-4)16-22(25)11-12-32(26)30(38)31-23-14-19(2)13-20(3)15-23/h7-10,13-17,26H,6,11-12,18H2,1-5H3,(H,31,38)/t26-/m0/s1. The molecular formula is C30H34N2O5S. The minimum atomic E-state index is -0.352. The van der Waals surface area contributed by atoms with Gasteiger partial charge >= 0.3 is 5.97 Å². The van der Waals surface area contributed by atoms with Crippen molar-refractivity contribution in [3.05, 3.63) is 82.4 Å². The first-order chi connectivity index (χ1) is 18.3. The highest BCUT2D eigenvalue weighted by atomic mass is 32.1. The third-order valence-corrected chi connectivity index (χ3v) is 6.85. The first-order valence-electron chi connectivity index (χ1n) is 12.6. The van der Waals surface area contributed by atoms with Crippen LogP contribution in [0.5, 0.6) is 17.2 Å². The van der Waals surface area contributed by atoms with Gasteiger partial charge in [-0.15, -0.1) is 0 Å². The second-order valence-electron chi connectivity index (χ2n) is 9.23. The lowest BCUT2D eigenvalue weighted by atomic mass is 9.92. The summed E-state index contributed by atoms with van der Waals surface area (Å²) in [6.45, 7) is 7.32. The van der Waals surface area contributed by atoms with E-state index in [0.29, 0.717) is 41.1 Å². The van der Waals surface area contributed by atoms with Crippen molar-refractivity contribution in [2.75, 3.05) is 39.3 Å². The molecule has 1 heterocycles. The molecule has 1 aliphatic heterocycles. The van der Waals surface area contributed by atoms with Crippen LogP contribution in [0.1, 0.15) is 45.6 Å². The Bertz CT molecular complexity index is 1290. The summed E-state index contributed by atoms with van der Waals surface area (Å²) in [6.07, 6.45) is 0.801. The number of carbonyl (C=O) groups excluding carboxylic acids is 1. The van der Waals surface area contributed by atoms with Gasteiger partial charge in [-0.05, 0) is 110 Å². The van der Waals surface area contributed by atoms with Gasteiger partial charge < -0.3 is 29.2 Å². The lowest BCUT2D eigenvalue weighted by molar-refractivity contribution is 0.0526. The molecule has 1 N–H and O–H groups in total. The molecule has 7 nitrogen and oxygen atoms in total. The smallest absolute Gasteiger partial charge is 0.338 e. The van der Waals surface area contributed by atoms with Crippen LogP contribution in [-0.4, -0.2) is 50.0 Å². The van der Waals surface area contributed by atoms with Crippen LogP contribution in [0.15, 0.2) is 54.6 Å². The zero-order valence-corrected chi connectivity index (χ0v) is 23.3. The van der Waals surface area contributed by atoms with Gasteiger partial charge in [0, 0.05) is 12.2 Å². The third kappa shape index (κ3) is 6.19. The molecule has 0 spiro atoms. The van der Waals surface area contributed by atoms with Gasteiger partial charge in [0.05, 0.1) is 32.4 Å². The molecule has 0 aliphatic carbocycles. The SMILES string of the molecule is CCOC(=O)c1ccc(OC[C@H]2c3cc(OC)c(OC)cc3CCN2C(=S)Nc2cc(C)cc(C)c2)cc1. The van der Waals surface area contributed by atoms with Crippen LogP contribution in [0.4, 0.5) is 5.69 Å². The van der Waals surface area contributed by atoms with E-state index < -0.39 is 0 Å². The molecule has 0 amide bonds. The van der Waals surface area contributed by atoms with E-state index in [1.165, 1.54) is 16.7 Å². The highest BCUT2D eigenvalue weighted by Crippen LogP contribution is 2.38. The van der Waals surface area contributed by atoms with Crippen LogP contribution in [0, 0.1) is 13.8 Å². The lowest BCUT2D eigenvalue weighted by Gasteiger charge is -2.39. The molecule has 0 saturated carbocycles. The number of rotatable bonds is 8. The van der Waals surface area contributed by atoms with Crippen molar-refractivity contribution < 1.29 is 23.7 Å². The topological polar surface area (TPSA) is 69.3 Å². The minimum Gasteiger partial charge on any atom is -0.493 e. The van der Waals surface area contributed by atoms with Crippen molar-refractivity contribution in [3.63, 3.8) is 0 Å². The fourth-order valence-corrected chi connectivity index (χ4v) is 5.11. The van der Waals surface area contributed by atoms with Crippen molar-refractivity contribution in [1.29, 1.82) is 0 Å². The number of nitrogens with zero attached hydrogens (tertiary/aromatic N) is 1. The molecule has 200 valence electrons. The Morgan fingerprint density at radius 2 is 1.66 bits per heavy atom. The number of fused-ring (bicyclic) bond motifs is 1. The molecule has 8 heteroatoms. The van der Waals surface area contributed by atoms with E-state index in [1.54, 1.807) is 45.4 Å². The molecule has 0 saturated heterocycles. The lowest BCUT2D eigenvalue weighted by Crippen LogP contribution is -2.44. The molecule has 0 unspecified atom stereocenters. The molecule has 1 atom stereocenters. The van der Waals surface area contributed by atoms with E-state index >= 15 is 0 Å². The number of anilines is 1. The summed E-state index contributed by atoms with van der Waals surface area (Å²) in [5.41, 5.74) is 6.02. The Morgan fingerprint density at radius 1 is 1.00 bits per heavy atom. The third-order valence-electron chi connectivity index (χ3n) is 6.51. The summed E-state index contributed by atoms with van der Waals surface area (Å²) in [5, 5.41) is 4.06. The summed E-state index contributed by atoms with van der Waals surface area (Å²) >= 11 is 5.91. The predicted octanol–water partition coefficient (Wildman–Crippen LogP) is 5.87. The number of ether oxygens (including phenoxy) is 4. The van der Waals surface area contributed by atoms with Crippen molar-refractivity contribution in [3.8, 4) is 17.2 Å². The maximum Gasteiger partial charge on any atom is 0.338 e. The molecule has 38 heavy (non-hydrogen) atoms. The quantitative estimate of drug-likeness (QED) is 0.284. The summed E-state index contributed by atoms with van der Waals surface area (Å²) in [4.78, 5) is 14.2. The Labute approximate surface area is 229 Å². The summed E-state index contributed by atoms with van der Waals surface area (Å²) in [5.74, 6) is 1.66. The number of aryl methyl sites for hydroxylation is 2. The zero-order chi connectivity index (χ0) is 27.2. The molecule has 0 bridgehead atoms. The Morgan fingerprint density at radius 3 is 2.29 bits per heavy atom. The first-order valence-corrected chi connectivity index (χ1v) is 13.0. The van der Waals surface area contributed by atoms with E-state index in [2.05, 4.69) is 42.3 Å². The number of benzene rings is 3. The van der Waals surface area contributed by atoms with E-state index in [4.69, 9.17) is 31.2 Å². The fraction of sp³-hybridized carbons (Fsp3) is 0.333. The number of hydrogen-bond donors (Lipinski definition) is 1. The van der Waals surface area contributed by atoms with E-state index in [1.807, 2.05) is 12.1 Å². The molecular weight excluding hydrogens is 500 g/mol. The van der Waals surface area contributed by atoms with Crippen LogP contribution in [-0.2, 0) is 11.2 Å². The number of nitrogens with one attached hydrogen (secondary N) is 1. The Balaban J connectivity index is 1.61. The maximum atomic E-state index is 12.0. The highest BCUT2D eigenvalue weighted by Gasteiger charge is 2.31. The van der Waals surface area contributed by atoms with Gasteiger partial charge in [-0.1, -0.05) is 6.07 Å². The van der Waals surface area contributed by atoms with Gasteiger partial charge in [0.25, 0.3) is 0 Å². The average Bonchev–Trinajstić information content (AvgIpc) is 2.90. The summed E-state index contributed by atoms with van der Waals surface area (Å²) in [7, 11) is 3.27. The number of carbonyl (C=O) groups is 1. The van der Waals surface area contributed by atoms with E-state index in [-0.39, 0.29) is 12.0 Å². The normalized spacial score (nSPS) is 14.3. The van der Waals surface area contributed by atoms with Crippen LogP contribution in [0.3, 0.4) is 0 Å². The minimum absolute atomic E-state index is 0.172. The van der Waals surface area contributed by atoms with Crippen LogP contribution in [0.25, 0.3) is 0 Å². The van der Waals surface area contributed by atoms with E-state index in [0.717, 1.165) is 24.2 Å². The maximum absolute atomic E-state index is 12.0.